The number of aliphatic hydroxyl groups is 3. The van der Waals surface area contributed by atoms with Crippen molar-refractivity contribution in [3.05, 3.63) is 47.1 Å². The van der Waals surface area contributed by atoms with Gasteiger partial charge in [0.25, 0.3) is 0 Å². The lowest BCUT2D eigenvalue weighted by Crippen LogP contribution is -2.63. The summed E-state index contributed by atoms with van der Waals surface area (Å²) in [5.74, 6) is -0.449. The van der Waals surface area contributed by atoms with Crippen LogP contribution in [0, 0.1) is 28.6 Å². The number of esters is 1. The van der Waals surface area contributed by atoms with Crippen molar-refractivity contribution in [2.75, 3.05) is 6.61 Å². The van der Waals surface area contributed by atoms with Gasteiger partial charge in [0.2, 0.25) is 0 Å². The summed E-state index contributed by atoms with van der Waals surface area (Å²) >= 11 is 0. The largest absolute Gasteiger partial charge is 0.451 e. The molecule has 1 fully saturated rings. The predicted octanol–water partition coefficient (Wildman–Crippen LogP) is 3.71. The molecule has 0 heterocycles. The van der Waals surface area contributed by atoms with Gasteiger partial charge in [0.1, 0.15) is 11.7 Å². The first-order valence-corrected chi connectivity index (χ1v) is 11.2. The molecule has 0 aromatic rings. The van der Waals surface area contributed by atoms with Gasteiger partial charge in [-0.2, -0.15) is 0 Å². The number of fused-ring (bicyclic) bond motifs is 1. The fourth-order valence-electron chi connectivity index (χ4n) is 6.26. The Morgan fingerprint density at radius 1 is 1.32 bits per heavy atom. The van der Waals surface area contributed by atoms with Crippen LogP contribution in [0.2, 0.25) is 0 Å². The summed E-state index contributed by atoms with van der Waals surface area (Å²) < 4.78 is 5.83. The molecule has 3 rings (SSSR count). The zero-order valence-electron chi connectivity index (χ0n) is 19.9. The molecule has 0 aromatic heterocycles. The quantitative estimate of drug-likeness (QED) is 0.361. The molecule has 0 aliphatic heterocycles. The van der Waals surface area contributed by atoms with Crippen LogP contribution >= 0.6 is 0 Å². The van der Waals surface area contributed by atoms with Gasteiger partial charge in [0.05, 0.1) is 6.61 Å². The number of carbonyl (C=O) groups is 1. The van der Waals surface area contributed by atoms with Crippen molar-refractivity contribution >= 4 is 5.97 Å². The molecule has 7 atom stereocenters. The number of carbonyl (C=O) groups excluding carboxylic acids is 1. The molecule has 1 spiro atoms. The van der Waals surface area contributed by atoms with E-state index in [1.54, 1.807) is 19.9 Å². The Balaban J connectivity index is 2.30. The molecular weight excluding hydrogens is 392 g/mol. The van der Waals surface area contributed by atoms with Crippen LogP contribution in [0.25, 0.3) is 0 Å². The summed E-state index contributed by atoms with van der Waals surface area (Å²) in [6, 6.07) is 0. The van der Waals surface area contributed by atoms with E-state index >= 15 is 0 Å². The Bertz CT molecular complexity index is 878. The van der Waals surface area contributed by atoms with Crippen LogP contribution in [-0.4, -0.2) is 45.7 Å². The summed E-state index contributed by atoms with van der Waals surface area (Å²) in [4.78, 5) is 12.7. The van der Waals surface area contributed by atoms with Crippen molar-refractivity contribution in [2.45, 2.75) is 72.7 Å². The topological polar surface area (TPSA) is 87.0 Å². The second-order valence-electron chi connectivity index (χ2n) is 10.5. The minimum atomic E-state index is -1.86. The van der Waals surface area contributed by atoms with Gasteiger partial charge >= 0.3 is 5.97 Å². The summed E-state index contributed by atoms with van der Waals surface area (Å²) in [5, 5.41) is 34.1. The number of hydrogen-bond donors (Lipinski definition) is 3. The SMILES string of the molecule is C=C1C2C=C(CO)[C@@H](O)[C@]3(O)[C@@H](OC(=O)/C(C)=C\C)C(C)=C[C@]13[C@H](C)C[C@H](C)C2(C)C. The first-order chi connectivity index (χ1) is 14.3. The van der Waals surface area contributed by atoms with Crippen LogP contribution in [0.3, 0.4) is 0 Å². The van der Waals surface area contributed by atoms with Gasteiger partial charge in [-0.1, -0.05) is 58.1 Å². The van der Waals surface area contributed by atoms with E-state index in [-0.39, 0.29) is 17.3 Å². The number of aliphatic hydroxyl groups excluding tert-OH is 2. The fourth-order valence-corrected chi connectivity index (χ4v) is 6.26. The van der Waals surface area contributed by atoms with Gasteiger partial charge < -0.3 is 20.1 Å². The van der Waals surface area contributed by atoms with E-state index in [2.05, 4.69) is 34.3 Å². The molecule has 0 amide bonds. The van der Waals surface area contributed by atoms with Gasteiger partial charge in [-0.25, -0.2) is 4.79 Å². The van der Waals surface area contributed by atoms with Gasteiger partial charge in [0, 0.05) is 16.9 Å². The van der Waals surface area contributed by atoms with E-state index in [0.717, 1.165) is 12.0 Å². The highest BCUT2D eigenvalue weighted by Gasteiger charge is 2.70. The summed E-state index contributed by atoms with van der Waals surface area (Å²) in [5.41, 5.74) is -0.780. The van der Waals surface area contributed by atoms with Crippen molar-refractivity contribution in [1.29, 1.82) is 0 Å². The van der Waals surface area contributed by atoms with Crippen molar-refractivity contribution in [3.8, 4) is 0 Å². The van der Waals surface area contributed by atoms with Crippen LogP contribution in [0.4, 0.5) is 0 Å². The van der Waals surface area contributed by atoms with Crippen molar-refractivity contribution in [1.82, 2.24) is 0 Å². The molecule has 2 bridgehead atoms. The first kappa shape index (κ1) is 24.0. The van der Waals surface area contributed by atoms with E-state index in [4.69, 9.17) is 4.74 Å². The Kier molecular flexibility index (Phi) is 5.96. The first-order valence-electron chi connectivity index (χ1n) is 11.2. The number of rotatable bonds is 3. The van der Waals surface area contributed by atoms with Crippen LogP contribution in [0.5, 0.6) is 0 Å². The van der Waals surface area contributed by atoms with Gasteiger partial charge in [-0.05, 0) is 55.6 Å². The molecule has 5 nitrogen and oxygen atoms in total. The molecule has 5 heteroatoms. The lowest BCUT2D eigenvalue weighted by atomic mass is 9.58. The van der Waals surface area contributed by atoms with Crippen molar-refractivity contribution in [2.24, 2.45) is 28.6 Å². The van der Waals surface area contributed by atoms with E-state index in [1.165, 1.54) is 0 Å². The highest BCUT2D eigenvalue weighted by atomic mass is 16.6. The molecule has 3 N–H and O–H groups in total. The Hall–Kier alpha value is -1.69. The van der Waals surface area contributed by atoms with Crippen LogP contribution in [0.1, 0.15) is 54.9 Å². The second kappa shape index (κ2) is 7.72. The maximum Gasteiger partial charge on any atom is 0.334 e. The molecule has 0 aromatic carbocycles. The summed E-state index contributed by atoms with van der Waals surface area (Å²) in [6.45, 7) is 18.0. The molecule has 3 aliphatic rings. The standard InChI is InChI=1S/C26H38O5/c1-9-14(2)23(29)31-22-15(3)12-25-17(5)10-16(4)24(7,8)20(18(25)6)11-19(13-27)21(28)26(22,25)30/h9,11-12,16-17,20-22,27-28,30H,6,10,13H2,1-5,7-8H3/b14-9-/t16-,17+,20?,21+,22-,25-,26-/m0/s1. The normalized spacial score (nSPS) is 42.2. The second-order valence-corrected chi connectivity index (χ2v) is 10.5. The van der Waals surface area contributed by atoms with Crippen LogP contribution < -0.4 is 0 Å². The highest BCUT2D eigenvalue weighted by molar-refractivity contribution is 5.88. The minimum absolute atomic E-state index is 0.0631. The third kappa shape index (κ3) is 3.04. The van der Waals surface area contributed by atoms with Gasteiger partial charge in [-0.15, -0.1) is 0 Å². The third-order valence-corrected chi connectivity index (χ3v) is 8.71. The smallest absolute Gasteiger partial charge is 0.334 e. The van der Waals surface area contributed by atoms with E-state index in [1.807, 2.05) is 19.1 Å². The lowest BCUT2D eigenvalue weighted by Gasteiger charge is -2.50. The van der Waals surface area contributed by atoms with Crippen LogP contribution in [0.15, 0.2) is 47.1 Å². The monoisotopic (exact) mass is 430 g/mol. The summed E-state index contributed by atoms with van der Waals surface area (Å²) in [7, 11) is 0. The van der Waals surface area contributed by atoms with Gasteiger partial charge in [0.15, 0.2) is 6.10 Å². The molecule has 0 radical (unpaired) electrons. The maximum atomic E-state index is 12.7. The van der Waals surface area contributed by atoms with E-state index in [0.29, 0.717) is 22.6 Å². The fraction of sp³-hybridized carbons (Fsp3) is 0.654. The van der Waals surface area contributed by atoms with E-state index in [9.17, 15) is 20.1 Å². The van der Waals surface area contributed by atoms with Crippen molar-refractivity contribution in [3.63, 3.8) is 0 Å². The summed E-state index contributed by atoms with van der Waals surface area (Å²) in [6.07, 6.45) is 3.89. The predicted molar refractivity (Wildman–Crippen MR) is 121 cm³/mol. The maximum absolute atomic E-state index is 12.7. The third-order valence-electron chi connectivity index (χ3n) is 8.71. The average Bonchev–Trinajstić information content (AvgIpc) is 2.88. The Labute approximate surface area is 186 Å². The van der Waals surface area contributed by atoms with Crippen molar-refractivity contribution < 1.29 is 24.9 Å². The minimum Gasteiger partial charge on any atom is -0.451 e. The van der Waals surface area contributed by atoms with Crippen LogP contribution in [-0.2, 0) is 9.53 Å². The number of hydrogen-bond acceptors (Lipinski definition) is 5. The highest BCUT2D eigenvalue weighted by Crippen LogP contribution is 2.66. The molecule has 1 saturated carbocycles. The van der Waals surface area contributed by atoms with Gasteiger partial charge in [-0.3, -0.25) is 0 Å². The molecular formula is C26H38O5. The molecule has 0 saturated heterocycles. The zero-order chi connectivity index (χ0) is 23.5. The number of ether oxygens (including phenoxy) is 1. The number of allylic oxidation sites excluding steroid dienone is 2. The Morgan fingerprint density at radius 3 is 2.48 bits per heavy atom. The lowest BCUT2D eigenvalue weighted by molar-refractivity contribution is -0.192. The molecule has 31 heavy (non-hydrogen) atoms. The molecule has 3 aliphatic carbocycles. The van der Waals surface area contributed by atoms with E-state index < -0.39 is 35.8 Å². The zero-order valence-corrected chi connectivity index (χ0v) is 19.9. The average molecular weight is 431 g/mol. The molecule has 1 unspecified atom stereocenters. The Morgan fingerprint density at radius 2 is 1.94 bits per heavy atom. The molecule has 172 valence electrons.